The molecular weight excluding hydrogens is 372 g/mol. The lowest BCUT2D eigenvalue weighted by Crippen LogP contribution is -2.46. The minimum atomic E-state index is 0.291. The summed E-state index contributed by atoms with van der Waals surface area (Å²) in [5, 5.41) is 3.64. The van der Waals surface area contributed by atoms with Gasteiger partial charge < -0.3 is 19.7 Å². The van der Waals surface area contributed by atoms with Gasteiger partial charge in [-0.3, -0.25) is 0 Å². The molecule has 7 heteroatoms. The van der Waals surface area contributed by atoms with Crippen molar-refractivity contribution in [2.75, 3.05) is 24.8 Å². The summed E-state index contributed by atoms with van der Waals surface area (Å²) in [4.78, 5) is 11.0. The lowest BCUT2D eigenvalue weighted by molar-refractivity contribution is 0.173. The zero-order valence-electron chi connectivity index (χ0n) is 13.2. The molecule has 1 N–H and O–H groups in total. The Morgan fingerprint density at radius 2 is 2.12 bits per heavy atom. The molecule has 1 fully saturated rings. The summed E-state index contributed by atoms with van der Waals surface area (Å²) in [5.74, 6) is 2.42. The van der Waals surface area contributed by atoms with Crippen LogP contribution in [0.3, 0.4) is 0 Å². The van der Waals surface area contributed by atoms with E-state index in [1.165, 1.54) is 5.56 Å². The molecule has 1 aromatic heterocycles. The van der Waals surface area contributed by atoms with Crippen molar-refractivity contribution < 1.29 is 9.47 Å². The van der Waals surface area contributed by atoms with Crippen LogP contribution in [0.1, 0.15) is 18.4 Å². The third-order valence-electron chi connectivity index (χ3n) is 4.34. The van der Waals surface area contributed by atoms with Gasteiger partial charge in [0.25, 0.3) is 0 Å². The molecule has 2 aliphatic heterocycles. The van der Waals surface area contributed by atoms with Gasteiger partial charge in [-0.05, 0) is 52.5 Å². The quantitative estimate of drug-likeness (QED) is 0.865. The van der Waals surface area contributed by atoms with Crippen molar-refractivity contribution in [2.45, 2.75) is 25.4 Å². The Kier molecular flexibility index (Phi) is 4.53. The van der Waals surface area contributed by atoms with Gasteiger partial charge in [-0.15, -0.1) is 0 Å². The second-order valence-electron chi connectivity index (χ2n) is 6.03. The molecule has 0 radical (unpaired) electrons. The minimum absolute atomic E-state index is 0.291. The molecule has 2 aliphatic rings. The average Bonchev–Trinajstić information content (AvgIpc) is 3.10. The van der Waals surface area contributed by atoms with E-state index in [2.05, 4.69) is 42.2 Å². The molecule has 4 rings (SSSR count). The number of benzene rings is 1. The summed E-state index contributed by atoms with van der Waals surface area (Å²) in [6.07, 6.45) is 5.89. The molecule has 1 aromatic carbocycles. The Hall–Kier alpha value is -1.86. The van der Waals surface area contributed by atoms with Gasteiger partial charge >= 0.3 is 0 Å². The molecule has 0 saturated carbocycles. The molecule has 24 heavy (non-hydrogen) atoms. The Morgan fingerprint density at radius 1 is 1.25 bits per heavy atom. The van der Waals surface area contributed by atoms with Crippen molar-refractivity contribution in [3.63, 3.8) is 0 Å². The maximum Gasteiger partial charge on any atom is 0.231 e. The van der Waals surface area contributed by atoms with Crippen LogP contribution in [0, 0.1) is 0 Å². The molecular formula is C17H19BrN4O2. The SMILES string of the molecule is Brc1cc(CNC2CCCN(c3ncccn3)C2)cc2c1OCO2. The fraction of sp³-hybridized carbons (Fsp3) is 0.412. The fourth-order valence-electron chi connectivity index (χ4n) is 3.16. The van der Waals surface area contributed by atoms with E-state index in [0.29, 0.717) is 12.8 Å². The van der Waals surface area contributed by atoms with E-state index in [4.69, 9.17) is 9.47 Å². The highest BCUT2D eigenvalue weighted by molar-refractivity contribution is 9.10. The van der Waals surface area contributed by atoms with Crippen LogP contribution in [0.5, 0.6) is 11.5 Å². The summed E-state index contributed by atoms with van der Waals surface area (Å²) in [6.45, 7) is 3.02. The second-order valence-corrected chi connectivity index (χ2v) is 6.88. The van der Waals surface area contributed by atoms with Crippen molar-refractivity contribution >= 4 is 21.9 Å². The number of ether oxygens (including phenoxy) is 2. The Labute approximate surface area is 149 Å². The van der Waals surface area contributed by atoms with E-state index in [9.17, 15) is 0 Å². The third-order valence-corrected chi connectivity index (χ3v) is 4.93. The van der Waals surface area contributed by atoms with E-state index < -0.39 is 0 Å². The summed E-state index contributed by atoms with van der Waals surface area (Å²) in [5.41, 5.74) is 1.18. The number of hydrogen-bond donors (Lipinski definition) is 1. The van der Waals surface area contributed by atoms with Gasteiger partial charge in [-0.1, -0.05) is 0 Å². The van der Waals surface area contributed by atoms with Crippen molar-refractivity contribution in [1.29, 1.82) is 0 Å². The highest BCUT2D eigenvalue weighted by Crippen LogP contribution is 2.39. The van der Waals surface area contributed by atoms with Crippen LogP contribution in [0.25, 0.3) is 0 Å². The first kappa shape index (κ1) is 15.7. The molecule has 0 aliphatic carbocycles. The molecule has 1 unspecified atom stereocenters. The number of fused-ring (bicyclic) bond motifs is 1. The molecule has 6 nitrogen and oxygen atoms in total. The fourth-order valence-corrected chi connectivity index (χ4v) is 3.77. The van der Waals surface area contributed by atoms with E-state index in [1.54, 1.807) is 12.4 Å². The van der Waals surface area contributed by atoms with Gasteiger partial charge in [0.2, 0.25) is 12.7 Å². The summed E-state index contributed by atoms with van der Waals surface area (Å²) in [6, 6.07) is 6.40. The highest BCUT2D eigenvalue weighted by Gasteiger charge is 2.22. The standard InChI is InChI=1S/C17H19BrN4O2/c18-14-7-12(8-15-16(14)24-11-23-15)9-21-13-3-1-6-22(10-13)17-19-4-2-5-20-17/h2,4-5,7-8,13,21H,1,3,6,9-11H2. The van der Waals surface area contributed by atoms with E-state index in [0.717, 1.165) is 54.4 Å². The van der Waals surface area contributed by atoms with Gasteiger partial charge in [-0.2, -0.15) is 0 Å². The number of aromatic nitrogens is 2. The first-order valence-electron chi connectivity index (χ1n) is 8.13. The third kappa shape index (κ3) is 3.32. The predicted molar refractivity (Wildman–Crippen MR) is 94.4 cm³/mol. The van der Waals surface area contributed by atoms with Crippen LogP contribution in [-0.4, -0.2) is 35.9 Å². The number of halogens is 1. The number of nitrogens with zero attached hydrogens (tertiary/aromatic N) is 3. The molecule has 0 amide bonds. The number of piperidine rings is 1. The first-order valence-corrected chi connectivity index (χ1v) is 8.92. The number of nitrogens with one attached hydrogen (secondary N) is 1. The number of rotatable bonds is 4. The summed E-state index contributed by atoms with van der Waals surface area (Å²) < 4.78 is 11.9. The van der Waals surface area contributed by atoms with Crippen LogP contribution in [0.15, 0.2) is 35.1 Å². The van der Waals surface area contributed by atoms with Crippen LogP contribution >= 0.6 is 15.9 Å². The van der Waals surface area contributed by atoms with Gasteiger partial charge in [0.15, 0.2) is 11.5 Å². The molecule has 1 atom stereocenters. The highest BCUT2D eigenvalue weighted by atomic mass is 79.9. The van der Waals surface area contributed by atoms with Gasteiger partial charge in [0.05, 0.1) is 4.47 Å². The topological polar surface area (TPSA) is 59.5 Å². The molecule has 0 spiro atoms. The molecule has 126 valence electrons. The Morgan fingerprint density at radius 3 is 3.00 bits per heavy atom. The van der Waals surface area contributed by atoms with Crippen molar-refractivity contribution in [1.82, 2.24) is 15.3 Å². The predicted octanol–water partition coefficient (Wildman–Crippen LogP) is 2.73. The molecule has 1 saturated heterocycles. The smallest absolute Gasteiger partial charge is 0.231 e. The summed E-state index contributed by atoms with van der Waals surface area (Å²) in [7, 11) is 0. The van der Waals surface area contributed by atoms with Crippen LogP contribution < -0.4 is 19.7 Å². The largest absolute Gasteiger partial charge is 0.454 e. The maximum atomic E-state index is 5.48. The zero-order valence-corrected chi connectivity index (χ0v) is 14.8. The van der Waals surface area contributed by atoms with Gasteiger partial charge in [0, 0.05) is 38.1 Å². The average molecular weight is 391 g/mol. The summed E-state index contributed by atoms with van der Waals surface area (Å²) >= 11 is 3.55. The van der Waals surface area contributed by atoms with Gasteiger partial charge in [0.1, 0.15) is 0 Å². The van der Waals surface area contributed by atoms with Crippen molar-refractivity contribution in [3.8, 4) is 11.5 Å². The zero-order chi connectivity index (χ0) is 16.4. The van der Waals surface area contributed by atoms with E-state index in [1.807, 2.05) is 12.1 Å². The molecule has 2 aromatic rings. The van der Waals surface area contributed by atoms with Crippen LogP contribution in [0.2, 0.25) is 0 Å². The van der Waals surface area contributed by atoms with Crippen molar-refractivity contribution in [2.24, 2.45) is 0 Å². The monoisotopic (exact) mass is 390 g/mol. The number of anilines is 1. The number of hydrogen-bond acceptors (Lipinski definition) is 6. The molecule has 0 bridgehead atoms. The minimum Gasteiger partial charge on any atom is -0.454 e. The Bertz CT molecular complexity index is 713. The van der Waals surface area contributed by atoms with E-state index in [-0.39, 0.29) is 0 Å². The van der Waals surface area contributed by atoms with Gasteiger partial charge in [-0.25, -0.2) is 9.97 Å². The van der Waals surface area contributed by atoms with Crippen LogP contribution in [-0.2, 0) is 6.54 Å². The van der Waals surface area contributed by atoms with E-state index >= 15 is 0 Å². The normalized spacial score (nSPS) is 19.5. The lowest BCUT2D eigenvalue weighted by Gasteiger charge is -2.33. The first-order chi connectivity index (χ1) is 11.8. The van der Waals surface area contributed by atoms with Crippen LogP contribution in [0.4, 0.5) is 5.95 Å². The Balaban J connectivity index is 1.38. The van der Waals surface area contributed by atoms with Crippen molar-refractivity contribution in [3.05, 3.63) is 40.6 Å². The lowest BCUT2D eigenvalue weighted by atomic mass is 10.1. The maximum absolute atomic E-state index is 5.48. The molecule has 3 heterocycles. The second kappa shape index (κ2) is 6.94.